The van der Waals surface area contributed by atoms with E-state index in [9.17, 15) is 9.59 Å². The lowest BCUT2D eigenvalue weighted by atomic mass is 10.5. The third-order valence-electron chi connectivity index (χ3n) is 1.91. The molecule has 0 unspecified atom stereocenters. The lowest BCUT2D eigenvalue weighted by molar-refractivity contribution is -0.122. The smallest absolute Gasteiger partial charge is 0.358 e. The van der Waals surface area contributed by atoms with Crippen molar-refractivity contribution in [3.05, 3.63) is 24.1 Å². The van der Waals surface area contributed by atoms with Crippen LogP contribution in [-0.4, -0.2) is 42.1 Å². The van der Waals surface area contributed by atoms with E-state index >= 15 is 0 Å². The standard InChI is InChI=1S/C8H8N6O4/c15-7(9-1-6-10-4-18-12-6)3-14-2-5(8(16)17)11-13-14/h2,4H,1,3H2,(H,9,15)(H,16,17). The fourth-order valence-electron chi connectivity index (χ4n) is 1.12. The average Bonchev–Trinajstić information content (AvgIpc) is 2.96. The Bertz CT molecular complexity index is 548. The predicted molar refractivity (Wildman–Crippen MR) is 53.1 cm³/mol. The zero-order valence-corrected chi connectivity index (χ0v) is 8.98. The van der Waals surface area contributed by atoms with Gasteiger partial charge in [0, 0.05) is 0 Å². The summed E-state index contributed by atoms with van der Waals surface area (Å²) in [6.07, 6.45) is 2.31. The van der Waals surface area contributed by atoms with E-state index in [4.69, 9.17) is 5.11 Å². The number of nitrogens with one attached hydrogen (secondary N) is 1. The van der Waals surface area contributed by atoms with Gasteiger partial charge in [-0.25, -0.2) is 9.48 Å². The molecule has 0 spiro atoms. The minimum Gasteiger partial charge on any atom is -0.476 e. The third-order valence-corrected chi connectivity index (χ3v) is 1.91. The first-order valence-corrected chi connectivity index (χ1v) is 4.80. The third kappa shape index (κ3) is 2.87. The highest BCUT2D eigenvalue weighted by Crippen LogP contribution is 1.93. The van der Waals surface area contributed by atoms with Crippen LogP contribution >= 0.6 is 0 Å². The van der Waals surface area contributed by atoms with E-state index in [1.54, 1.807) is 0 Å². The molecule has 0 bridgehead atoms. The number of rotatable bonds is 5. The minimum absolute atomic E-state index is 0.121. The van der Waals surface area contributed by atoms with Gasteiger partial charge in [-0.2, -0.15) is 4.98 Å². The topological polar surface area (TPSA) is 136 Å². The number of carbonyl (C=O) groups is 2. The van der Waals surface area contributed by atoms with Crippen LogP contribution in [-0.2, 0) is 17.9 Å². The Morgan fingerprint density at radius 3 is 2.94 bits per heavy atom. The SMILES string of the molecule is O=C(Cn1cc(C(=O)O)nn1)NCc1ncon1. The molecule has 0 saturated carbocycles. The molecule has 1 amide bonds. The van der Waals surface area contributed by atoms with Gasteiger partial charge in [-0.1, -0.05) is 10.4 Å². The van der Waals surface area contributed by atoms with E-state index < -0.39 is 5.97 Å². The van der Waals surface area contributed by atoms with Crippen LogP contribution in [0.2, 0.25) is 0 Å². The van der Waals surface area contributed by atoms with Crippen LogP contribution in [0.5, 0.6) is 0 Å². The normalized spacial score (nSPS) is 10.2. The summed E-state index contributed by atoms with van der Waals surface area (Å²) >= 11 is 0. The zero-order chi connectivity index (χ0) is 13.0. The van der Waals surface area contributed by atoms with Crippen molar-refractivity contribution in [3.63, 3.8) is 0 Å². The second kappa shape index (κ2) is 5.03. The summed E-state index contributed by atoms with van der Waals surface area (Å²) < 4.78 is 5.61. The van der Waals surface area contributed by atoms with E-state index in [2.05, 4.69) is 30.3 Å². The molecular weight excluding hydrogens is 244 g/mol. The second-order valence-electron chi connectivity index (χ2n) is 3.23. The number of aromatic nitrogens is 5. The van der Waals surface area contributed by atoms with Crippen molar-refractivity contribution in [1.82, 2.24) is 30.5 Å². The molecule has 10 nitrogen and oxygen atoms in total. The molecule has 0 aliphatic rings. The molecule has 0 aliphatic heterocycles. The number of aromatic carboxylic acids is 1. The molecular formula is C8H8N6O4. The Kier molecular flexibility index (Phi) is 3.27. The maximum atomic E-state index is 11.5. The van der Waals surface area contributed by atoms with E-state index in [-0.39, 0.29) is 24.7 Å². The van der Waals surface area contributed by atoms with E-state index in [1.807, 2.05) is 0 Å². The summed E-state index contributed by atoms with van der Waals surface area (Å²) in [7, 11) is 0. The first-order valence-electron chi connectivity index (χ1n) is 4.80. The van der Waals surface area contributed by atoms with Crippen molar-refractivity contribution in [3.8, 4) is 0 Å². The molecule has 10 heteroatoms. The maximum Gasteiger partial charge on any atom is 0.358 e. The number of nitrogens with zero attached hydrogens (tertiary/aromatic N) is 5. The van der Waals surface area contributed by atoms with Gasteiger partial charge in [0.15, 0.2) is 11.5 Å². The molecule has 2 aromatic heterocycles. The van der Waals surface area contributed by atoms with Gasteiger partial charge >= 0.3 is 5.97 Å². The van der Waals surface area contributed by atoms with Crippen LogP contribution in [0.15, 0.2) is 17.1 Å². The molecule has 2 rings (SSSR count). The summed E-state index contributed by atoms with van der Waals surface area (Å²) in [5, 5.41) is 21.5. The molecule has 2 heterocycles. The van der Waals surface area contributed by atoms with Crippen molar-refractivity contribution in [1.29, 1.82) is 0 Å². The summed E-state index contributed by atoms with van der Waals surface area (Å²) in [5.41, 5.74) is -0.221. The summed E-state index contributed by atoms with van der Waals surface area (Å²) in [5.74, 6) is -1.23. The van der Waals surface area contributed by atoms with Gasteiger partial charge in [-0.05, 0) is 0 Å². The number of carbonyl (C=O) groups excluding carboxylic acids is 1. The van der Waals surface area contributed by atoms with Crippen LogP contribution in [0, 0.1) is 0 Å². The van der Waals surface area contributed by atoms with Gasteiger partial charge < -0.3 is 14.9 Å². The van der Waals surface area contributed by atoms with Crippen molar-refractivity contribution in [2.75, 3.05) is 0 Å². The Morgan fingerprint density at radius 2 is 2.33 bits per heavy atom. The maximum absolute atomic E-state index is 11.5. The molecule has 0 radical (unpaired) electrons. The highest BCUT2D eigenvalue weighted by Gasteiger charge is 2.10. The van der Waals surface area contributed by atoms with E-state index in [0.717, 1.165) is 17.3 Å². The first-order chi connectivity index (χ1) is 8.65. The molecule has 0 aromatic carbocycles. The average molecular weight is 252 g/mol. The summed E-state index contributed by atoms with van der Waals surface area (Å²) in [6, 6.07) is 0. The van der Waals surface area contributed by atoms with Crippen molar-refractivity contribution < 1.29 is 19.2 Å². The lowest BCUT2D eigenvalue weighted by Crippen LogP contribution is -2.27. The van der Waals surface area contributed by atoms with Gasteiger partial charge in [0.2, 0.25) is 12.3 Å². The molecule has 0 aliphatic carbocycles. The number of amides is 1. The Morgan fingerprint density at radius 1 is 1.50 bits per heavy atom. The van der Waals surface area contributed by atoms with Crippen molar-refractivity contribution >= 4 is 11.9 Å². The molecule has 94 valence electrons. The molecule has 2 N–H and O–H groups in total. The second-order valence-corrected chi connectivity index (χ2v) is 3.23. The monoisotopic (exact) mass is 252 g/mol. The first kappa shape index (κ1) is 11.7. The molecule has 0 atom stereocenters. The fraction of sp³-hybridized carbons (Fsp3) is 0.250. The molecule has 2 aromatic rings. The number of hydrogen-bond donors (Lipinski definition) is 2. The van der Waals surface area contributed by atoms with E-state index in [1.165, 1.54) is 0 Å². The highest BCUT2D eigenvalue weighted by atomic mass is 16.5. The predicted octanol–water partition coefficient (Wildman–Crippen LogP) is -1.32. The Hall–Kier alpha value is -2.78. The molecule has 18 heavy (non-hydrogen) atoms. The van der Waals surface area contributed by atoms with Crippen LogP contribution < -0.4 is 5.32 Å². The highest BCUT2D eigenvalue weighted by molar-refractivity contribution is 5.84. The van der Waals surface area contributed by atoms with Crippen LogP contribution in [0.25, 0.3) is 0 Å². The van der Waals surface area contributed by atoms with Crippen LogP contribution in [0.4, 0.5) is 0 Å². The lowest BCUT2D eigenvalue weighted by Gasteiger charge is -2.01. The van der Waals surface area contributed by atoms with Gasteiger partial charge in [0.1, 0.15) is 6.54 Å². The molecule has 0 saturated heterocycles. The largest absolute Gasteiger partial charge is 0.476 e. The van der Waals surface area contributed by atoms with Crippen LogP contribution in [0.3, 0.4) is 0 Å². The zero-order valence-electron chi connectivity index (χ0n) is 8.98. The minimum atomic E-state index is -1.20. The van der Waals surface area contributed by atoms with Crippen molar-refractivity contribution in [2.24, 2.45) is 0 Å². The number of carboxylic acids is 1. The number of hydrogen-bond acceptors (Lipinski definition) is 7. The Labute approximate surface area is 99.6 Å². The fourth-order valence-corrected chi connectivity index (χ4v) is 1.12. The van der Waals surface area contributed by atoms with Gasteiger partial charge in [-0.15, -0.1) is 5.10 Å². The molecule has 0 fully saturated rings. The quantitative estimate of drug-likeness (QED) is 0.668. The Balaban J connectivity index is 1.85. The van der Waals surface area contributed by atoms with Gasteiger partial charge in [0.05, 0.1) is 12.7 Å². The number of carboxylic acid groups (broad SMARTS) is 1. The van der Waals surface area contributed by atoms with Gasteiger partial charge in [-0.3, -0.25) is 4.79 Å². The van der Waals surface area contributed by atoms with Gasteiger partial charge in [0.25, 0.3) is 0 Å². The van der Waals surface area contributed by atoms with Crippen molar-refractivity contribution in [2.45, 2.75) is 13.1 Å². The van der Waals surface area contributed by atoms with E-state index in [0.29, 0.717) is 5.82 Å². The summed E-state index contributed by atoms with van der Waals surface area (Å²) in [4.78, 5) is 25.7. The summed E-state index contributed by atoms with van der Waals surface area (Å²) in [6.45, 7) is -0.0199. The van der Waals surface area contributed by atoms with Crippen LogP contribution in [0.1, 0.15) is 16.3 Å².